The highest BCUT2D eigenvalue weighted by atomic mass is 15.4. The zero-order chi connectivity index (χ0) is 18.4. The van der Waals surface area contributed by atoms with E-state index in [0.717, 1.165) is 61.4 Å². The standard InChI is InChI=1S/C19H24N8/c1-3-15-13(2)21-18(14-4-5-14)22-19(15)26-10-8-25(9-11-26)17-7-6-16-23-20-12-27(16)24-17/h6-7,12,14H,3-5,8-11H2,1-2H3. The van der Waals surface area contributed by atoms with Crippen molar-refractivity contribution in [2.24, 2.45) is 0 Å². The van der Waals surface area contributed by atoms with E-state index in [9.17, 15) is 0 Å². The smallest absolute Gasteiger partial charge is 0.177 e. The van der Waals surface area contributed by atoms with Gasteiger partial charge in [-0.3, -0.25) is 0 Å². The Morgan fingerprint density at radius 3 is 2.56 bits per heavy atom. The van der Waals surface area contributed by atoms with Crippen molar-refractivity contribution in [2.75, 3.05) is 36.0 Å². The molecule has 0 spiro atoms. The van der Waals surface area contributed by atoms with E-state index >= 15 is 0 Å². The van der Waals surface area contributed by atoms with Crippen molar-refractivity contribution >= 4 is 17.3 Å². The van der Waals surface area contributed by atoms with E-state index in [1.54, 1.807) is 10.8 Å². The second kappa shape index (κ2) is 6.44. The number of hydrogen-bond donors (Lipinski definition) is 0. The molecule has 0 bridgehead atoms. The first-order chi connectivity index (χ1) is 13.2. The number of aryl methyl sites for hydroxylation is 1. The van der Waals surface area contributed by atoms with Gasteiger partial charge in [-0.15, -0.1) is 15.3 Å². The van der Waals surface area contributed by atoms with Gasteiger partial charge in [0.15, 0.2) is 5.65 Å². The highest BCUT2D eigenvalue weighted by Crippen LogP contribution is 2.39. The number of fused-ring (bicyclic) bond motifs is 1. The number of piperazine rings is 1. The highest BCUT2D eigenvalue weighted by Gasteiger charge is 2.29. The summed E-state index contributed by atoms with van der Waals surface area (Å²) in [5.41, 5.74) is 3.21. The van der Waals surface area contributed by atoms with Crippen LogP contribution in [-0.2, 0) is 6.42 Å². The van der Waals surface area contributed by atoms with Crippen LogP contribution in [0.1, 0.15) is 42.8 Å². The normalized spacial score (nSPS) is 17.7. The van der Waals surface area contributed by atoms with E-state index in [-0.39, 0.29) is 0 Å². The van der Waals surface area contributed by atoms with Crippen LogP contribution in [0.3, 0.4) is 0 Å². The molecule has 0 N–H and O–H groups in total. The minimum absolute atomic E-state index is 0.578. The third-order valence-electron chi connectivity index (χ3n) is 5.56. The summed E-state index contributed by atoms with van der Waals surface area (Å²) in [5, 5.41) is 12.5. The maximum Gasteiger partial charge on any atom is 0.177 e. The summed E-state index contributed by atoms with van der Waals surface area (Å²) in [6.45, 7) is 8.05. The molecule has 0 aromatic carbocycles. The third-order valence-corrected chi connectivity index (χ3v) is 5.56. The summed E-state index contributed by atoms with van der Waals surface area (Å²) in [5.74, 6) is 3.74. The van der Waals surface area contributed by atoms with Crippen LogP contribution in [-0.4, -0.2) is 56.0 Å². The number of anilines is 2. The Bertz CT molecular complexity index is 969. The molecular formula is C19H24N8. The second-order valence-electron chi connectivity index (χ2n) is 7.40. The lowest BCUT2D eigenvalue weighted by Crippen LogP contribution is -2.47. The van der Waals surface area contributed by atoms with Crippen molar-refractivity contribution in [3.05, 3.63) is 35.5 Å². The lowest BCUT2D eigenvalue weighted by Gasteiger charge is -2.37. The molecule has 1 aliphatic heterocycles. The molecule has 1 saturated heterocycles. The fraction of sp³-hybridized carbons (Fsp3) is 0.526. The monoisotopic (exact) mass is 364 g/mol. The molecule has 27 heavy (non-hydrogen) atoms. The van der Waals surface area contributed by atoms with Gasteiger partial charge in [0.2, 0.25) is 0 Å². The zero-order valence-corrected chi connectivity index (χ0v) is 15.8. The average molecular weight is 364 g/mol. The van der Waals surface area contributed by atoms with E-state index in [4.69, 9.17) is 9.97 Å². The molecule has 1 saturated carbocycles. The van der Waals surface area contributed by atoms with Crippen molar-refractivity contribution in [1.29, 1.82) is 0 Å². The topological polar surface area (TPSA) is 75.3 Å². The molecule has 8 heteroatoms. The summed E-state index contributed by atoms with van der Waals surface area (Å²) in [7, 11) is 0. The summed E-state index contributed by atoms with van der Waals surface area (Å²) < 4.78 is 1.73. The largest absolute Gasteiger partial charge is 0.353 e. The van der Waals surface area contributed by atoms with E-state index < -0.39 is 0 Å². The molecule has 0 atom stereocenters. The summed E-state index contributed by atoms with van der Waals surface area (Å²) in [4.78, 5) is 14.5. The maximum atomic E-state index is 4.98. The van der Waals surface area contributed by atoms with Crippen LogP contribution in [0.4, 0.5) is 11.6 Å². The molecule has 0 unspecified atom stereocenters. The molecule has 2 fully saturated rings. The molecule has 0 amide bonds. The number of aromatic nitrogens is 6. The molecule has 4 heterocycles. The van der Waals surface area contributed by atoms with Gasteiger partial charge < -0.3 is 9.80 Å². The molecule has 140 valence electrons. The predicted octanol–water partition coefficient (Wildman–Crippen LogP) is 1.99. The van der Waals surface area contributed by atoms with Crippen molar-refractivity contribution in [1.82, 2.24) is 29.8 Å². The quantitative estimate of drug-likeness (QED) is 0.701. The van der Waals surface area contributed by atoms with Crippen LogP contribution in [0.2, 0.25) is 0 Å². The van der Waals surface area contributed by atoms with Gasteiger partial charge in [-0.1, -0.05) is 6.92 Å². The molecule has 3 aromatic rings. The second-order valence-corrected chi connectivity index (χ2v) is 7.40. The Hall–Kier alpha value is -2.77. The Balaban J connectivity index is 1.37. The first-order valence-corrected chi connectivity index (χ1v) is 9.77. The van der Waals surface area contributed by atoms with Gasteiger partial charge in [0.05, 0.1) is 0 Å². The van der Waals surface area contributed by atoms with E-state index in [1.807, 2.05) is 12.1 Å². The van der Waals surface area contributed by atoms with Gasteiger partial charge in [0.25, 0.3) is 0 Å². The van der Waals surface area contributed by atoms with Crippen LogP contribution in [0, 0.1) is 6.92 Å². The maximum absolute atomic E-state index is 4.98. The SMILES string of the molecule is CCc1c(C)nc(C2CC2)nc1N1CCN(c2ccc3nncn3n2)CC1. The molecular weight excluding hydrogens is 340 g/mol. The minimum atomic E-state index is 0.578. The summed E-state index contributed by atoms with van der Waals surface area (Å²) >= 11 is 0. The lowest BCUT2D eigenvalue weighted by molar-refractivity contribution is 0.630. The van der Waals surface area contributed by atoms with E-state index in [2.05, 4.69) is 38.9 Å². The number of nitrogens with zero attached hydrogens (tertiary/aromatic N) is 8. The van der Waals surface area contributed by atoms with Crippen LogP contribution in [0.15, 0.2) is 18.5 Å². The van der Waals surface area contributed by atoms with Crippen LogP contribution in [0.25, 0.3) is 5.65 Å². The van der Waals surface area contributed by atoms with Crippen LogP contribution in [0.5, 0.6) is 0 Å². The van der Waals surface area contributed by atoms with Crippen molar-refractivity contribution in [2.45, 2.75) is 39.0 Å². The fourth-order valence-electron chi connectivity index (χ4n) is 3.84. The zero-order valence-electron chi connectivity index (χ0n) is 15.8. The molecule has 0 radical (unpaired) electrons. The van der Waals surface area contributed by atoms with E-state index in [0.29, 0.717) is 5.92 Å². The first kappa shape index (κ1) is 16.4. The number of rotatable bonds is 4. The first-order valence-electron chi connectivity index (χ1n) is 9.77. The van der Waals surface area contributed by atoms with E-state index in [1.165, 1.54) is 18.4 Å². The van der Waals surface area contributed by atoms with Gasteiger partial charge >= 0.3 is 0 Å². The molecule has 8 nitrogen and oxygen atoms in total. The minimum Gasteiger partial charge on any atom is -0.353 e. The van der Waals surface area contributed by atoms with Crippen LogP contribution < -0.4 is 9.80 Å². The predicted molar refractivity (Wildman–Crippen MR) is 103 cm³/mol. The molecule has 2 aliphatic rings. The molecule has 3 aromatic heterocycles. The summed E-state index contributed by atoms with van der Waals surface area (Å²) in [6.07, 6.45) is 5.08. The van der Waals surface area contributed by atoms with Gasteiger partial charge in [0, 0.05) is 43.4 Å². The highest BCUT2D eigenvalue weighted by molar-refractivity contribution is 5.52. The van der Waals surface area contributed by atoms with Gasteiger partial charge in [-0.25, -0.2) is 9.97 Å². The lowest BCUT2D eigenvalue weighted by atomic mass is 10.1. The fourth-order valence-corrected chi connectivity index (χ4v) is 3.84. The number of hydrogen-bond acceptors (Lipinski definition) is 7. The van der Waals surface area contributed by atoms with Crippen molar-refractivity contribution in [3.8, 4) is 0 Å². The Kier molecular flexibility index (Phi) is 3.91. The molecule has 1 aliphatic carbocycles. The van der Waals surface area contributed by atoms with Gasteiger partial charge in [-0.05, 0) is 38.3 Å². The Morgan fingerprint density at radius 2 is 1.81 bits per heavy atom. The molecule has 5 rings (SSSR count). The van der Waals surface area contributed by atoms with Gasteiger partial charge in [0.1, 0.15) is 23.8 Å². The van der Waals surface area contributed by atoms with Crippen molar-refractivity contribution < 1.29 is 0 Å². The van der Waals surface area contributed by atoms with Gasteiger partial charge in [-0.2, -0.15) is 4.52 Å². The van der Waals surface area contributed by atoms with Crippen molar-refractivity contribution in [3.63, 3.8) is 0 Å². The third kappa shape index (κ3) is 2.98. The average Bonchev–Trinajstić information content (AvgIpc) is 3.44. The van der Waals surface area contributed by atoms with Crippen LogP contribution >= 0.6 is 0 Å². The summed E-state index contributed by atoms with van der Waals surface area (Å²) in [6, 6.07) is 3.99. The Labute approximate surface area is 158 Å². The Morgan fingerprint density at radius 1 is 1.04 bits per heavy atom.